The van der Waals surface area contributed by atoms with E-state index in [0.29, 0.717) is 6.42 Å². The second-order valence-electron chi connectivity index (χ2n) is 3.90. The van der Waals surface area contributed by atoms with Crippen LogP contribution in [0.3, 0.4) is 0 Å². The zero-order valence-corrected chi connectivity index (χ0v) is 12.1. The Labute approximate surface area is 120 Å². The SMILES string of the molecule is COC(=O)C=CC=CC=CC=CCCCCC(=O)OC. The summed E-state index contributed by atoms with van der Waals surface area (Å²) in [7, 11) is 2.74. The summed E-state index contributed by atoms with van der Waals surface area (Å²) >= 11 is 0. The first-order chi connectivity index (χ1) is 9.70. The lowest BCUT2D eigenvalue weighted by atomic mass is 10.2. The van der Waals surface area contributed by atoms with Crippen LogP contribution in [0.2, 0.25) is 0 Å². The fraction of sp³-hybridized carbons (Fsp3) is 0.375. The third-order valence-corrected chi connectivity index (χ3v) is 2.35. The van der Waals surface area contributed by atoms with Gasteiger partial charge in [-0.05, 0) is 19.3 Å². The van der Waals surface area contributed by atoms with E-state index in [0.717, 1.165) is 19.3 Å². The number of rotatable bonds is 9. The predicted molar refractivity (Wildman–Crippen MR) is 79.1 cm³/mol. The number of ether oxygens (including phenoxy) is 2. The van der Waals surface area contributed by atoms with E-state index >= 15 is 0 Å². The monoisotopic (exact) mass is 278 g/mol. The van der Waals surface area contributed by atoms with Crippen LogP contribution in [0.25, 0.3) is 0 Å². The number of unbranched alkanes of at least 4 members (excludes halogenated alkanes) is 2. The van der Waals surface area contributed by atoms with E-state index in [1.807, 2.05) is 30.4 Å². The molecule has 4 nitrogen and oxygen atoms in total. The van der Waals surface area contributed by atoms with Gasteiger partial charge in [-0.3, -0.25) is 4.79 Å². The molecule has 0 aliphatic rings. The first-order valence-corrected chi connectivity index (χ1v) is 6.52. The smallest absolute Gasteiger partial charge is 0.330 e. The number of esters is 2. The molecule has 0 heterocycles. The molecule has 0 aliphatic heterocycles. The molecule has 0 rings (SSSR count). The molecule has 0 bridgehead atoms. The van der Waals surface area contributed by atoms with Gasteiger partial charge in [0.15, 0.2) is 0 Å². The normalized spacial score (nSPS) is 11.9. The number of methoxy groups -OCH3 is 2. The molecule has 0 saturated carbocycles. The second-order valence-corrected chi connectivity index (χ2v) is 3.90. The molecular formula is C16H22O4. The second kappa shape index (κ2) is 13.3. The average molecular weight is 278 g/mol. The van der Waals surface area contributed by atoms with Gasteiger partial charge in [0.05, 0.1) is 14.2 Å². The fourth-order valence-corrected chi connectivity index (χ4v) is 1.27. The summed E-state index contributed by atoms with van der Waals surface area (Å²) in [5.74, 6) is -0.524. The van der Waals surface area contributed by atoms with Crippen LogP contribution in [0.1, 0.15) is 25.7 Å². The lowest BCUT2D eigenvalue weighted by Crippen LogP contribution is -1.98. The van der Waals surface area contributed by atoms with E-state index in [1.165, 1.54) is 20.3 Å². The van der Waals surface area contributed by atoms with Crippen molar-refractivity contribution in [2.75, 3.05) is 14.2 Å². The molecule has 0 saturated heterocycles. The van der Waals surface area contributed by atoms with Crippen LogP contribution in [0.15, 0.2) is 48.6 Å². The van der Waals surface area contributed by atoms with Crippen molar-refractivity contribution in [3.05, 3.63) is 48.6 Å². The maximum atomic E-state index is 10.8. The van der Waals surface area contributed by atoms with E-state index in [4.69, 9.17) is 0 Å². The number of carbonyl (C=O) groups excluding carboxylic acids is 2. The van der Waals surface area contributed by atoms with E-state index in [-0.39, 0.29) is 11.9 Å². The van der Waals surface area contributed by atoms with E-state index in [1.54, 1.807) is 12.2 Å². The summed E-state index contributed by atoms with van der Waals surface area (Å²) in [4.78, 5) is 21.6. The zero-order chi connectivity index (χ0) is 15.1. The molecule has 110 valence electrons. The maximum Gasteiger partial charge on any atom is 0.330 e. The summed E-state index contributed by atoms with van der Waals surface area (Å²) in [6.45, 7) is 0. The van der Waals surface area contributed by atoms with E-state index in [2.05, 4.69) is 9.47 Å². The zero-order valence-electron chi connectivity index (χ0n) is 12.1. The molecule has 0 radical (unpaired) electrons. The van der Waals surface area contributed by atoms with Gasteiger partial charge >= 0.3 is 11.9 Å². The molecule has 20 heavy (non-hydrogen) atoms. The van der Waals surface area contributed by atoms with Gasteiger partial charge in [0.1, 0.15) is 0 Å². The topological polar surface area (TPSA) is 52.6 Å². The van der Waals surface area contributed by atoms with Gasteiger partial charge in [0.2, 0.25) is 0 Å². The molecule has 4 heteroatoms. The van der Waals surface area contributed by atoms with Crippen molar-refractivity contribution in [3.8, 4) is 0 Å². The Bertz CT molecular complexity index is 389. The quantitative estimate of drug-likeness (QED) is 0.281. The van der Waals surface area contributed by atoms with Crippen molar-refractivity contribution in [2.45, 2.75) is 25.7 Å². The van der Waals surface area contributed by atoms with Crippen LogP contribution in [-0.2, 0) is 19.1 Å². The van der Waals surface area contributed by atoms with Crippen molar-refractivity contribution in [1.29, 1.82) is 0 Å². The van der Waals surface area contributed by atoms with Crippen molar-refractivity contribution < 1.29 is 19.1 Å². The van der Waals surface area contributed by atoms with Gasteiger partial charge in [-0.1, -0.05) is 42.5 Å². The number of allylic oxidation sites excluding steroid dienone is 7. The number of carbonyl (C=O) groups is 2. The average Bonchev–Trinajstić information content (AvgIpc) is 2.47. The van der Waals surface area contributed by atoms with Crippen LogP contribution in [-0.4, -0.2) is 26.2 Å². The minimum absolute atomic E-state index is 0.154. The molecule has 0 amide bonds. The van der Waals surface area contributed by atoms with E-state index in [9.17, 15) is 9.59 Å². The fourth-order valence-electron chi connectivity index (χ4n) is 1.27. The lowest BCUT2D eigenvalue weighted by Gasteiger charge is -1.96. The maximum absolute atomic E-state index is 10.8. The Hall–Kier alpha value is -2.10. The Balaban J connectivity index is 3.62. The van der Waals surface area contributed by atoms with Crippen LogP contribution in [0.4, 0.5) is 0 Å². The molecule has 0 unspecified atom stereocenters. The third-order valence-electron chi connectivity index (χ3n) is 2.35. The molecule has 0 aliphatic carbocycles. The van der Waals surface area contributed by atoms with Crippen LogP contribution < -0.4 is 0 Å². The standard InChI is InChI=1S/C16H22O4/c1-19-15(17)13-11-9-7-5-3-4-6-8-10-12-14-16(18)20-2/h3-7,9,11,13H,8,10,12,14H2,1-2H3. The highest BCUT2D eigenvalue weighted by atomic mass is 16.5. The first kappa shape index (κ1) is 17.9. The summed E-state index contributed by atoms with van der Waals surface area (Å²) in [5, 5.41) is 0. The van der Waals surface area contributed by atoms with Crippen LogP contribution in [0, 0.1) is 0 Å². The molecule has 0 aromatic heterocycles. The Morgan fingerprint density at radius 1 is 0.850 bits per heavy atom. The van der Waals surface area contributed by atoms with Gasteiger partial charge in [-0.15, -0.1) is 0 Å². The Morgan fingerprint density at radius 3 is 2.15 bits per heavy atom. The third kappa shape index (κ3) is 12.4. The highest BCUT2D eigenvalue weighted by Gasteiger charge is 1.97. The van der Waals surface area contributed by atoms with Crippen molar-refractivity contribution in [2.24, 2.45) is 0 Å². The molecule has 0 atom stereocenters. The van der Waals surface area contributed by atoms with Crippen molar-refractivity contribution >= 4 is 11.9 Å². The summed E-state index contributed by atoms with van der Waals surface area (Å²) in [6.07, 6.45) is 17.5. The summed E-state index contributed by atoms with van der Waals surface area (Å²) in [6, 6.07) is 0. The van der Waals surface area contributed by atoms with Crippen molar-refractivity contribution in [1.82, 2.24) is 0 Å². The minimum Gasteiger partial charge on any atom is -0.469 e. The van der Waals surface area contributed by atoms with Gasteiger partial charge in [0.25, 0.3) is 0 Å². The first-order valence-electron chi connectivity index (χ1n) is 6.52. The van der Waals surface area contributed by atoms with Crippen LogP contribution in [0.5, 0.6) is 0 Å². The minimum atomic E-state index is -0.370. The summed E-state index contributed by atoms with van der Waals surface area (Å²) in [5.41, 5.74) is 0. The lowest BCUT2D eigenvalue weighted by molar-refractivity contribution is -0.140. The van der Waals surface area contributed by atoms with Crippen LogP contribution >= 0.6 is 0 Å². The largest absolute Gasteiger partial charge is 0.469 e. The molecule has 0 N–H and O–H groups in total. The Kier molecular flexibility index (Phi) is 11.9. The predicted octanol–water partition coefficient (Wildman–Crippen LogP) is 3.12. The van der Waals surface area contributed by atoms with Gasteiger partial charge < -0.3 is 9.47 Å². The van der Waals surface area contributed by atoms with Gasteiger partial charge in [-0.25, -0.2) is 4.79 Å². The number of hydrogen-bond donors (Lipinski definition) is 0. The molecule has 0 aromatic carbocycles. The highest BCUT2D eigenvalue weighted by molar-refractivity contribution is 5.82. The van der Waals surface area contributed by atoms with Gasteiger partial charge in [0, 0.05) is 12.5 Å². The molecule has 0 fully saturated rings. The molecular weight excluding hydrogens is 256 g/mol. The number of hydrogen-bond acceptors (Lipinski definition) is 4. The summed E-state index contributed by atoms with van der Waals surface area (Å²) < 4.78 is 9.00. The Morgan fingerprint density at radius 2 is 1.50 bits per heavy atom. The molecule has 0 spiro atoms. The van der Waals surface area contributed by atoms with Gasteiger partial charge in [-0.2, -0.15) is 0 Å². The van der Waals surface area contributed by atoms with E-state index < -0.39 is 0 Å². The highest BCUT2D eigenvalue weighted by Crippen LogP contribution is 2.01. The molecule has 0 aromatic rings. The van der Waals surface area contributed by atoms with Crippen molar-refractivity contribution in [3.63, 3.8) is 0 Å².